The number of carbonyl (C=O) groups excluding carboxylic acids is 1. The Balaban J connectivity index is 2.02. The maximum Gasteiger partial charge on any atom is 0.251 e. The van der Waals surface area contributed by atoms with Crippen molar-refractivity contribution in [2.45, 2.75) is 24.5 Å². The van der Waals surface area contributed by atoms with E-state index in [1.807, 2.05) is 11.8 Å². The normalized spacial score (nSPS) is 22.8. The fourth-order valence-corrected chi connectivity index (χ4v) is 3.47. The number of nitrogens with zero attached hydrogens (tertiary/aromatic N) is 1. The average Bonchev–Trinajstić information content (AvgIpc) is 2.91. The maximum atomic E-state index is 12.1. The van der Waals surface area contributed by atoms with Gasteiger partial charge in [-0.15, -0.1) is 0 Å². The topological polar surface area (TPSA) is 87.7 Å². The van der Waals surface area contributed by atoms with Crippen LogP contribution in [0.4, 0.5) is 0 Å². The second-order valence-electron chi connectivity index (χ2n) is 5.15. The predicted octanol–water partition coefficient (Wildman–Crippen LogP) is 1.80. The van der Waals surface area contributed by atoms with E-state index in [0.717, 1.165) is 12.2 Å². The molecule has 1 fully saturated rings. The fraction of sp³-hybridized carbons (Fsp3) is 0.429. The monoisotopic (exact) mass is 293 g/mol. The summed E-state index contributed by atoms with van der Waals surface area (Å²) in [7, 11) is 0. The van der Waals surface area contributed by atoms with Crippen LogP contribution in [-0.2, 0) is 0 Å². The lowest BCUT2D eigenvalue weighted by atomic mass is 10.1. The highest BCUT2D eigenvalue weighted by Crippen LogP contribution is 2.36. The summed E-state index contributed by atoms with van der Waals surface area (Å²) in [6.07, 6.45) is 2.33. The number of thioether (sulfide) groups is 1. The molecule has 0 aliphatic carbocycles. The number of nitrogens with one attached hydrogen (secondary N) is 1. The third-order valence-corrected chi connectivity index (χ3v) is 4.99. The number of oxime groups is 1. The third-order valence-electron chi connectivity index (χ3n) is 3.45. The SMILES string of the molecule is CC1(CNC(=O)c2cccc(/C(N)=N/O)c2)CCCS1. The van der Waals surface area contributed by atoms with Crippen molar-refractivity contribution in [1.82, 2.24) is 5.32 Å². The van der Waals surface area contributed by atoms with Crippen molar-refractivity contribution in [2.75, 3.05) is 12.3 Å². The summed E-state index contributed by atoms with van der Waals surface area (Å²) < 4.78 is 0.138. The standard InChI is InChI=1S/C14H19N3O2S/c1-14(6-3-7-20-14)9-16-13(18)11-5-2-4-10(8-11)12(15)17-19/h2,4-5,8,19H,3,6-7,9H2,1H3,(H2,15,17)(H,16,18). The van der Waals surface area contributed by atoms with Gasteiger partial charge in [-0.25, -0.2) is 0 Å². The van der Waals surface area contributed by atoms with Crippen molar-refractivity contribution in [1.29, 1.82) is 0 Å². The number of benzene rings is 1. The van der Waals surface area contributed by atoms with Crippen molar-refractivity contribution >= 4 is 23.5 Å². The van der Waals surface area contributed by atoms with Crippen LogP contribution in [0.25, 0.3) is 0 Å². The van der Waals surface area contributed by atoms with Gasteiger partial charge in [0.15, 0.2) is 5.84 Å². The number of amides is 1. The average molecular weight is 293 g/mol. The Bertz CT molecular complexity index is 525. The molecule has 1 aliphatic heterocycles. The van der Waals surface area contributed by atoms with Crippen molar-refractivity contribution in [3.8, 4) is 0 Å². The highest BCUT2D eigenvalue weighted by atomic mass is 32.2. The first kappa shape index (κ1) is 14.7. The van der Waals surface area contributed by atoms with Crippen molar-refractivity contribution in [3.05, 3.63) is 35.4 Å². The minimum absolute atomic E-state index is 0.00189. The third kappa shape index (κ3) is 3.45. The molecule has 1 aromatic rings. The van der Waals surface area contributed by atoms with Crippen LogP contribution >= 0.6 is 11.8 Å². The van der Waals surface area contributed by atoms with E-state index in [4.69, 9.17) is 10.9 Å². The molecule has 0 aromatic heterocycles. The lowest BCUT2D eigenvalue weighted by molar-refractivity contribution is 0.0950. The molecule has 108 valence electrons. The molecule has 0 spiro atoms. The molecule has 0 saturated carbocycles. The molecule has 20 heavy (non-hydrogen) atoms. The molecule has 1 heterocycles. The first-order valence-electron chi connectivity index (χ1n) is 6.54. The molecule has 6 heteroatoms. The van der Waals surface area contributed by atoms with Gasteiger partial charge in [0.1, 0.15) is 0 Å². The Morgan fingerprint density at radius 2 is 2.30 bits per heavy atom. The van der Waals surface area contributed by atoms with Gasteiger partial charge >= 0.3 is 0 Å². The summed E-state index contributed by atoms with van der Waals surface area (Å²) in [6, 6.07) is 6.75. The highest BCUT2D eigenvalue weighted by molar-refractivity contribution is 8.00. The molecule has 1 aliphatic rings. The van der Waals surface area contributed by atoms with Crippen molar-refractivity contribution in [2.24, 2.45) is 10.9 Å². The molecule has 4 N–H and O–H groups in total. The second kappa shape index (κ2) is 6.17. The smallest absolute Gasteiger partial charge is 0.251 e. The fourth-order valence-electron chi connectivity index (χ4n) is 2.22. The molecule has 5 nitrogen and oxygen atoms in total. The van der Waals surface area contributed by atoms with Crippen molar-refractivity contribution in [3.63, 3.8) is 0 Å². The number of amidine groups is 1. The molecule has 1 saturated heterocycles. The Morgan fingerprint density at radius 3 is 2.95 bits per heavy atom. The lowest BCUT2D eigenvalue weighted by Crippen LogP contribution is -2.36. The zero-order valence-corrected chi connectivity index (χ0v) is 12.2. The molecule has 1 amide bonds. The minimum Gasteiger partial charge on any atom is -0.409 e. The summed E-state index contributed by atoms with van der Waals surface area (Å²) in [4.78, 5) is 12.1. The largest absolute Gasteiger partial charge is 0.409 e. The van der Waals surface area contributed by atoms with Crippen LogP contribution in [0, 0.1) is 0 Å². The minimum atomic E-state index is -0.133. The van der Waals surface area contributed by atoms with E-state index in [1.54, 1.807) is 24.3 Å². The van der Waals surface area contributed by atoms with E-state index in [0.29, 0.717) is 17.7 Å². The van der Waals surface area contributed by atoms with Gasteiger partial charge < -0.3 is 16.3 Å². The van der Waals surface area contributed by atoms with Crippen molar-refractivity contribution < 1.29 is 10.0 Å². The van der Waals surface area contributed by atoms with E-state index in [9.17, 15) is 4.79 Å². The number of rotatable bonds is 4. The van der Waals surface area contributed by atoms with Gasteiger partial charge in [0, 0.05) is 22.4 Å². The van der Waals surface area contributed by atoms with Gasteiger partial charge in [-0.05, 0) is 37.7 Å². The van der Waals surface area contributed by atoms with Gasteiger partial charge in [-0.1, -0.05) is 17.3 Å². The van der Waals surface area contributed by atoms with Crippen LogP contribution in [0.1, 0.15) is 35.7 Å². The summed E-state index contributed by atoms with van der Waals surface area (Å²) in [5, 5.41) is 14.6. The summed E-state index contributed by atoms with van der Waals surface area (Å²) in [5.74, 6) is 1.02. The Labute approximate surface area is 122 Å². The molecule has 2 rings (SSSR count). The van der Waals surface area contributed by atoms with Crippen LogP contribution in [-0.4, -0.2) is 34.0 Å². The predicted molar refractivity (Wildman–Crippen MR) is 81.4 cm³/mol. The van der Waals surface area contributed by atoms with Gasteiger partial charge in [0.2, 0.25) is 0 Å². The van der Waals surface area contributed by atoms with Crippen LogP contribution in [0.3, 0.4) is 0 Å². The van der Waals surface area contributed by atoms with Crippen LogP contribution in [0.2, 0.25) is 0 Å². The molecular formula is C14H19N3O2S. The van der Waals surface area contributed by atoms with E-state index in [-0.39, 0.29) is 16.5 Å². The zero-order valence-electron chi connectivity index (χ0n) is 11.4. The molecule has 0 bridgehead atoms. The summed E-state index contributed by atoms with van der Waals surface area (Å²) in [5.41, 5.74) is 6.57. The summed E-state index contributed by atoms with van der Waals surface area (Å²) in [6.45, 7) is 2.84. The van der Waals surface area contributed by atoms with Crippen LogP contribution in [0.5, 0.6) is 0 Å². The first-order chi connectivity index (χ1) is 9.54. The number of carbonyl (C=O) groups is 1. The summed E-state index contributed by atoms with van der Waals surface area (Å²) >= 11 is 1.91. The second-order valence-corrected chi connectivity index (χ2v) is 6.83. The Kier molecular flexibility index (Phi) is 4.54. The number of hydrogen-bond donors (Lipinski definition) is 3. The highest BCUT2D eigenvalue weighted by Gasteiger charge is 2.29. The number of hydrogen-bond acceptors (Lipinski definition) is 4. The molecular weight excluding hydrogens is 274 g/mol. The van der Waals surface area contributed by atoms with Gasteiger partial charge in [0.05, 0.1) is 0 Å². The van der Waals surface area contributed by atoms with Gasteiger partial charge in [0.25, 0.3) is 5.91 Å². The molecule has 1 atom stereocenters. The molecule has 0 radical (unpaired) electrons. The quantitative estimate of drug-likeness (QED) is 0.342. The van der Waals surface area contributed by atoms with Crippen LogP contribution in [0.15, 0.2) is 29.4 Å². The van der Waals surface area contributed by atoms with E-state index < -0.39 is 0 Å². The van der Waals surface area contributed by atoms with Gasteiger partial charge in [-0.3, -0.25) is 4.79 Å². The zero-order chi connectivity index (χ0) is 14.6. The van der Waals surface area contributed by atoms with E-state index in [1.165, 1.54) is 6.42 Å². The van der Waals surface area contributed by atoms with Gasteiger partial charge in [-0.2, -0.15) is 11.8 Å². The Hall–Kier alpha value is -1.69. The Morgan fingerprint density at radius 1 is 1.55 bits per heavy atom. The molecule has 1 aromatic carbocycles. The van der Waals surface area contributed by atoms with Crippen LogP contribution < -0.4 is 11.1 Å². The first-order valence-corrected chi connectivity index (χ1v) is 7.53. The lowest BCUT2D eigenvalue weighted by Gasteiger charge is -2.22. The van der Waals surface area contributed by atoms with E-state index in [2.05, 4.69) is 17.4 Å². The number of nitrogens with two attached hydrogens (primary N) is 1. The molecule has 1 unspecified atom stereocenters. The maximum absolute atomic E-state index is 12.1. The van der Waals surface area contributed by atoms with E-state index >= 15 is 0 Å².